The summed E-state index contributed by atoms with van der Waals surface area (Å²) >= 11 is 0. The third kappa shape index (κ3) is 3.22. The number of halogens is 1. The number of hydrogen-bond acceptors (Lipinski definition) is 2. The van der Waals surface area contributed by atoms with Gasteiger partial charge in [-0.25, -0.2) is 4.79 Å². The minimum Gasteiger partial charge on any atom is -0.480 e. The number of hydrogen-bond donors (Lipinski definition) is 2. The van der Waals surface area contributed by atoms with E-state index in [4.69, 9.17) is 10.8 Å². The molecular formula is C12H18ClNO2. The standard InChI is InChI=1S/C12H17NO2.ClH/c1-3-4-9-5-7-10(8-6-9)12(2,13)11(14)15;/h5-8H,3-4,13H2,1-2H3,(H,14,15);1H. The molecule has 0 radical (unpaired) electrons. The molecule has 0 amide bonds. The molecule has 3 nitrogen and oxygen atoms in total. The second-order valence-electron chi connectivity index (χ2n) is 3.95. The van der Waals surface area contributed by atoms with Crippen LogP contribution in [0.5, 0.6) is 0 Å². The number of rotatable bonds is 4. The number of aliphatic carboxylic acids is 1. The van der Waals surface area contributed by atoms with Crippen molar-refractivity contribution in [3.05, 3.63) is 35.4 Å². The topological polar surface area (TPSA) is 63.3 Å². The Morgan fingerprint density at radius 3 is 2.25 bits per heavy atom. The summed E-state index contributed by atoms with van der Waals surface area (Å²) in [6.07, 6.45) is 2.09. The lowest BCUT2D eigenvalue weighted by molar-refractivity contribution is -0.143. The first-order valence-corrected chi connectivity index (χ1v) is 5.10. The van der Waals surface area contributed by atoms with Crippen LogP contribution in [0.15, 0.2) is 24.3 Å². The minimum absolute atomic E-state index is 0. The van der Waals surface area contributed by atoms with Gasteiger partial charge in [0.1, 0.15) is 5.54 Å². The highest BCUT2D eigenvalue weighted by atomic mass is 35.5. The van der Waals surface area contributed by atoms with Crippen molar-refractivity contribution in [1.82, 2.24) is 0 Å². The van der Waals surface area contributed by atoms with E-state index >= 15 is 0 Å². The Balaban J connectivity index is 0.00000225. The molecule has 90 valence electrons. The lowest BCUT2D eigenvalue weighted by Gasteiger charge is -2.19. The smallest absolute Gasteiger partial charge is 0.328 e. The quantitative estimate of drug-likeness (QED) is 0.853. The SMILES string of the molecule is CCCc1ccc(C(C)(N)C(=O)O)cc1.Cl. The largest absolute Gasteiger partial charge is 0.480 e. The fourth-order valence-electron chi connectivity index (χ4n) is 1.43. The first-order chi connectivity index (χ1) is 6.98. The van der Waals surface area contributed by atoms with E-state index in [1.807, 2.05) is 12.1 Å². The lowest BCUT2D eigenvalue weighted by atomic mass is 9.92. The third-order valence-electron chi connectivity index (χ3n) is 2.54. The molecule has 0 fully saturated rings. The molecule has 0 aliphatic carbocycles. The molecule has 1 rings (SSSR count). The van der Waals surface area contributed by atoms with Crippen LogP contribution >= 0.6 is 12.4 Å². The van der Waals surface area contributed by atoms with Crippen molar-refractivity contribution < 1.29 is 9.90 Å². The van der Waals surface area contributed by atoms with Crippen LogP contribution < -0.4 is 5.73 Å². The van der Waals surface area contributed by atoms with E-state index in [9.17, 15) is 4.79 Å². The van der Waals surface area contributed by atoms with Gasteiger partial charge in [-0.2, -0.15) is 0 Å². The van der Waals surface area contributed by atoms with E-state index in [2.05, 4.69) is 6.92 Å². The van der Waals surface area contributed by atoms with Gasteiger partial charge in [-0.05, 0) is 24.5 Å². The van der Waals surface area contributed by atoms with Crippen molar-refractivity contribution in [2.24, 2.45) is 5.73 Å². The Hall–Kier alpha value is -1.06. The molecule has 0 heterocycles. The number of nitrogens with two attached hydrogens (primary N) is 1. The van der Waals surface area contributed by atoms with E-state index in [-0.39, 0.29) is 12.4 Å². The molecule has 1 unspecified atom stereocenters. The van der Waals surface area contributed by atoms with Crippen molar-refractivity contribution in [3.8, 4) is 0 Å². The van der Waals surface area contributed by atoms with Crippen molar-refractivity contribution in [2.45, 2.75) is 32.2 Å². The Morgan fingerprint density at radius 1 is 1.38 bits per heavy atom. The molecule has 0 saturated heterocycles. The summed E-state index contributed by atoms with van der Waals surface area (Å²) in [4.78, 5) is 10.9. The normalized spacial score (nSPS) is 13.7. The van der Waals surface area contributed by atoms with Crippen LogP contribution in [-0.2, 0) is 16.8 Å². The first-order valence-electron chi connectivity index (χ1n) is 5.10. The Bertz CT molecular complexity index is 347. The summed E-state index contributed by atoms with van der Waals surface area (Å²) in [5.41, 5.74) is 6.25. The Labute approximate surface area is 102 Å². The Kier molecular flexibility index (Phi) is 5.48. The van der Waals surface area contributed by atoms with E-state index < -0.39 is 11.5 Å². The summed E-state index contributed by atoms with van der Waals surface area (Å²) in [5.74, 6) is -1.01. The molecule has 4 heteroatoms. The van der Waals surface area contributed by atoms with Crippen LogP contribution in [0.1, 0.15) is 31.4 Å². The summed E-state index contributed by atoms with van der Waals surface area (Å²) in [7, 11) is 0. The van der Waals surface area contributed by atoms with Crippen LogP contribution in [0.4, 0.5) is 0 Å². The molecule has 0 aliphatic rings. The minimum atomic E-state index is -1.30. The molecule has 0 spiro atoms. The van der Waals surface area contributed by atoms with Gasteiger partial charge in [0.05, 0.1) is 0 Å². The molecular weight excluding hydrogens is 226 g/mol. The monoisotopic (exact) mass is 243 g/mol. The van der Waals surface area contributed by atoms with Crippen LogP contribution in [0.25, 0.3) is 0 Å². The molecule has 0 saturated carbocycles. The highest BCUT2D eigenvalue weighted by Crippen LogP contribution is 2.18. The van der Waals surface area contributed by atoms with Gasteiger partial charge >= 0.3 is 5.97 Å². The van der Waals surface area contributed by atoms with Gasteiger partial charge in [0.15, 0.2) is 0 Å². The van der Waals surface area contributed by atoms with Gasteiger partial charge < -0.3 is 10.8 Å². The van der Waals surface area contributed by atoms with Gasteiger partial charge in [0.25, 0.3) is 0 Å². The van der Waals surface area contributed by atoms with Crippen molar-refractivity contribution in [3.63, 3.8) is 0 Å². The van der Waals surface area contributed by atoms with Gasteiger partial charge in [-0.15, -0.1) is 12.4 Å². The van der Waals surface area contributed by atoms with Crippen molar-refractivity contribution in [2.75, 3.05) is 0 Å². The average molecular weight is 244 g/mol. The van der Waals surface area contributed by atoms with Gasteiger partial charge in [0.2, 0.25) is 0 Å². The zero-order valence-electron chi connectivity index (χ0n) is 9.56. The number of carboxylic acids is 1. The van der Waals surface area contributed by atoms with E-state index in [1.165, 1.54) is 12.5 Å². The highest BCUT2D eigenvalue weighted by molar-refractivity contribution is 5.85. The zero-order chi connectivity index (χ0) is 11.5. The predicted octanol–water partition coefficient (Wildman–Crippen LogP) is 2.32. The molecule has 0 bridgehead atoms. The van der Waals surface area contributed by atoms with Crippen LogP contribution in [0.3, 0.4) is 0 Å². The molecule has 1 aromatic rings. The Morgan fingerprint density at radius 2 is 1.88 bits per heavy atom. The summed E-state index contributed by atoms with van der Waals surface area (Å²) in [5, 5.41) is 8.94. The number of carboxylic acid groups (broad SMARTS) is 1. The fraction of sp³-hybridized carbons (Fsp3) is 0.417. The molecule has 16 heavy (non-hydrogen) atoms. The predicted molar refractivity (Wildman–Crippen MR) is 66.9 cm³/mol. The number of aryl methyl sites for hydroxylation is 1. The van der Waals surface area contributed by atoms with Crippen molar-refractivity contribution in [1.29, 1.82) is 0 Å². The fourth-order valence-corrected chi connectivity index (χ4v) is 1.43. The number of benzene rings is 1. The maximum absolute atomic E-state index is 10.9. The summed E-state index contributed by atoms with van der Waals surface area (Å²) in [6, 6.07) is 7.46. The van der Waals surface area contributed by atoms with Gasteiger partial charge in [0, 0.05) is 0 Å². The number of carbonyl (C=O) groups is 1. The van der Waals surface area contributed by atoms with Crippen LogP contribution in [0.2, 0.25) is 0 Å². The van der Waals surface area contributed by atoms with Gasteiger partial charge in [-0.3, -0.25) is 0 Å². The highest BCUT2D eigenvalue weighted by Gasteiger charge is 2.29. The molecule has 0 aromatic heterocycles. The van der Waals surface area contributed by atoms with Gasteiger partial charge in [-0.1, -0.05) is 37.6 Å². The zero-order valence-corrected chi connectivity index (χ0v) is 10.4. The molecule has 3 N–H and O–H groups in total. The van der Waals surface area contributed by atoms with Crippen LogP contribution in [0, 0.1) is 0 Å². The second-order valence-corrected chi connectivity index (χ2v) is 3.95. The second kappa shape index (κ2) is 5.87. The van der Waals surface area contributed by atoms with E-state index in [0.717, 1.165) is 12.8 Å². The summed E-state index contributed by atoms with van der Waals surface area (Å²) in [6.45, 7) is 3.61. The average Bonchev–Trinajstić information content (AvgIpc) is 2.19. The van der Waals surface area contributed by atoms with E-state index in [1.54, 1.807) is 12.1 Å². The first kappa shape index (κ1) is 14.9. The molecule has 0 aliphatic heterocycles. The van der Waals surface area contributed by atoms with Crippen LogP contribution in [-0.4, -0.2) is 11.1 Å². The van der Waals surface area contributed by atoms with Crippen molar-refractivity contribution >= 4 is 18.4 Å². The maximum atomic E-state index is 10.9. The van der Waals surface area contributed by atoms with E-state index in [0.29, 0.717) is 5.56 Å². The third-order valence-corrected chi connectivity index (χ3v) is 2.54. The summed E-state index contributed by atoms with van der Waals surface area (Å²) < 4.78 is 0. The lowest BCUT2D eigenvalue weighted by Crippen LogP contribution is -2.41. The molecule has 1 aromatic carbocycles. The maximum Gasteiger partial charge on any atom is 0.328 e. The molecule has 1 atom stereocenters.